The fourth-order valence-electron chi connectivity index (χ4n) is 1.81. The second kappa shape index (κ2) is 7.81. The van der Waals surface area contributed by atoms with Crippen molar-refractivity contribution in [2.45, 2.75) is 33.2 Å². The van der Waals surface area contributed by atoms with E-state index in [-0.39, 0.29) is 24.8 Å². The average Bonchev–Trinajstić information content (AvgIpc) is 2.86. The van der Waals surface area contributed by atoms with Gasteiger partial charge in [-0.15, -0.1) is 0 Å². The zero-order valence-corrected chi connectivity index (χ0v) is 12.1. The zero-order valence-electron chi connectivity index (χ0n) is 12.1. The van der Waals surface area contributed by atoms with Crippen LogP contribution in [0.1, 0.15) is 32.6 Å². The van der Waals surface area contributed by atoms with E-state index >= 15 is 0 Å². The van der Waals surface area contributed by atoms with Gasteiger partial charge in [-0.3, -0.25) is 4.57 Å². The van der Waals surface area contributed by atoms with Crippen LogP contribution in [0.4, 0.5) is 13.6 Å². The number of urea groups is 1. The maximum Gasteiger partial charge on any atom is 0.319 e. The van der Waals surface area contributed by atoms with Crippen LogP contribution in [-0.4, -0.2) is 40.6 Å². The number of amides is 2. The number of nitrogens with one attached hydrogen (secondary N) is 1. The Labute approximate surface area is 118 Å². The predicted octanol–water partition coefficient (Wildman–Crippen LogP) is 2.51. The summed E-state index contributed by atoms with van der Waals surface area (Å²) in [5.74, 6) is 0.702. The van der Waals surface area contributed by atoms with Gasteiger partial charge in [0.15, 0.2) is 0 Å². The largest absolute Gasteiger partial charge is 0.338 e. The van der Waals surface area contributed by atoms with Crippen molar-refractivity contribution < 1.29 is 13.6 Å². The summed E-state index contributed by atoms with van der Waals surface area (Å²) in [7, 11) is 1.72. The first-order chi connectivity index (χ1) is 9.45. The molecule has 1 atom stereocenters. The van der Waals surface area contributed by atoms with Crippen LogP contribution in [0.3, 0.4) is 0 Å². The minimum absolute atomic E-state index is 0.194. The molecule has 1 aromatic rings. The van der Waals surface area contributed by atoms with Gasteiger partial charge in [-0.05, 0) is 5.92 Å². The molecule has 1 aromatic heterocycles. The maximum atomic E-state index is 12.6. The van der Waals surface area contributed by atoms with E-state index in [1.54, 1.807) is 11.9 Å². The predicted molar refractivity (Wildman–Crippen MR) is 72.7 cm³/mol. The summed E-state index contributed by atoms with van der Waals surface area (Å²) >= 11 is 0. The molecule has 114 valence electrons. The van der Waals surface area contributed by atoms with Gasteiger partial charge in [0.25, 0.3) is 0 Å². The summed E-state index contributed by atoms with van der Waals surface area (Å²) in [4.78, 5) is 17.2. The Hall–Kier alpha value is -1.66. The number of imidazole rings is 1. The van der Waals surface area contributed by atoms with Gasteiger partial charge < -0.3 is 10.2 Å². The second-order valence-electron chi connectivity index (χ2n) is 4.90. The number of aromatic nitrogens is 2. The second-order valence-corrected chi connectivity index (χ2v) is 4.90. The van der Waals surface area contributed by atoms with Crippen LogP contribution in [0.2, 0.25) is 0 Å². The molecular weight excluding hydrogens is 266 g/mol. The molecule has 1 N–H and O–H groups in total. The quantitative estimate of drug-likeness (QED) is 0.838. The molecule has 0 radical (unpaired) electrons. The Morgan fingerprint density at radius 2 is 2.25 bits per heavy atom. The van der Waals surface area contributed by atoms with Crippen molar-refractivity contribution in [2.24, 2.45) is 5.92 Å². The molecule has 0 aliphatic rings. The highest BCUT2D eigenvalue weighted by Gasteiger charge is 2.13. The Balaban J connectivity index is 2.36. The van der Waals surface area contributed by atoms with E-state index in [0.29, 0.717) is 12.5 Å². The third-order valence-electron chi connectivity index (χ3n) is 3.21. The molecule has 0 aliphatic carbocycles. The van der Waals surface area contributed by atoms with E-state index in [2.05, 4.69) is 24.1 Å². The van der Waals surface area contributed by atoms with E-state index < -0.39 is 6.55 Å². The minimum Gasteiger partial charge on any atom is -0.338 e. The fraction of sp³-hybridized carbons (Fsp3) is 0.692. The first-order valence-electron chi connectivity index (χ1n) is 6.74. The molecule has 0 aromatic carbocycles. The molecule has 1 heterocycles. The van der Waals surface area contributed by atoms with Crippen molar-refractivity contribution >= 4 is 6.03 Å². The lowest BCUT2D eigenvalue weighted by Gasteiger charge is -2.21. The van der Waals surface area contributed by atoms with Gasteiger partial charge in [-0.25, -0.2) is 9.78 Å². The van der Waals surface area contributed by atoms with Crippen LogP contribution >= 0.6 is 0 Å². The number of carbonyl (C=O) groups is 1. The molecule has 1 rings (SSSR count). The molecule has 5 nitrogen and oxygen atoms in total. The highest BCUT2D eigenvalue weighted by molar-refractivity contribution is 5.73. The van der Waals surface area contributed by atoms with E-state index in [1.807, 2.05) is 0 Å². The standard InChI is InChI=1S/C13H22F2N4O/c1-4-10(2)9-18(3)13(20)17-6-5-11-16-7-8-19(11)12(14)15/h7-8,10,12H,4-6,9H2,1-3H3,(H,17,20)/t10-/m0/s1. The first-order valence-corrected chi connectivity index (χ1v) is 6.74. The van der Waals surface area contributed by atoms with Crippen molar-refractivity contribution in [3.05, 3.63) is 18.2 Å². The smallest absolute Gasteiger partial charge is 0.319 e. The summed E-state index contributed by atoms with van der Waals surface area (Å²) in [6, 6.07) is -0.194. The topological polar surface area (TPSA) is 50.2 Å². The number of halogens is 2. The maximum absolute atomic E-state index is 12.6. The minimum atomic E-state index is -2.60. The van der Waals surface area contributed by atoms with E-state index in [4.69, 9.17) is 0 Å². The Kier molecular flexibility index (Phi) is 6.41. The number of carbonyl (C=O) groups excluding carboxylic acids is 1. The highest BCUT2D eigenvalue weighted by Crippen LogP contribution is 2.12. The number of rotatable bonds is 7. The highest BCUT2D eigenvalue weighted by atomic mass is 19.3. The third-order valence-corrected chi connectivity index (χ3v) is 3.21. The number of alkyl halides is 2. The van der Waals surface area contributed by atoms with Crippen LogP contribution in [0.25, 0.3) is 0 Å². The lowest BCUT2D eigenvalue weighted by Crippen LogP contribution is -2.40. The van der Waals surface area contributed by atoms with Crippen LogP contribution in [0.15, 0.2) is 12.4 Å². The molecule has 0 aliphatic heterocycles. The third kappa shape index (κ3) is 4.79. The fourth-order valence-corrected chi connectivity index (χ4v) is 1.81. The summed E-state index contributed by atoms with van der Waals surface area (Å²) in [6.07, 6.45) is 3.85. The molecule has 0 unspecified atom stereocenters. The van der Waals surface area contributed by atoms with Crippen molar-refractivity contribution in [3.8, 4) is 0 Å². The molecule has 7 heteroatoms. The molecule has 0 bridgehead atoms. The molecule has 0 saturated heterocycles. The van der Waals surface area contributed by atoms with Crippen LogP contribution in [0.5, 0.6) is 0 Å². The summed E-state index contributed by atoms with van der Waals surface area (Å²) in [6.45, 7) is 2.50. The average molecular weight is 288 g/mol. The van der Waals surface area contributed by atoms with Crippen molar-refractivity contribution in [2.75, 3.05) is 20.1 Å². The van der Waals surface area contributed by atoms with Crippen molar-refractivity contribution in [1.29, 1.82) is 0 Å². The number of hydrogen-bond acceptors (Lipinski definition) is 2. The normalized spacial score (nSPS) is 12.5. The molecule has 0 fully saturated rings. The Morgan fingerprint density at radius 1 is 1.55 bits per heavy atom. The summed E-state index contributed by atoms with van der Waals surface area (Å²) < 4.78 is 26.0. The van der Waals surface area contributed by atoms with E-state index in [0.717, 1.165) is 11.0 Å². The van der Waals surface area contributed by atoms with Crippen molar-refractivity contribution in [1.82, 2.24) is 19.8 Å². The van der Waals surface area contributed by atoms with Gasteiger partial charge in [0.2, 0.25) is 0 Å². The lowest BCUT2D eigenvalue weighted by molar-refractivity contribution is 0.0670. The lowest BCUT2D eigenvalue weighted by atomic mass is 10.1. The van der Waals surface area contributed by atoms with E-state index in [1.165, 1.54) is 12.4 Å². The van der Waals surface area contributed by atoms with Gasteiger partial charge in [-0.1, -0.05) is 20.3 Å². The van der Waals surface area contributed by atoms with Gasteiger partial charge in [0.1, 0.15) is 5.82 Å². The monoisotopic (exact) mass is 288 g/mol. The summed E-state index contributed by atoms with van der Waals surface area (Å²) in [5, 5.41) is 2.71. The molecular formula is C13H22F2N4O. The molecule has 2 amide bonds. The van der Waals surface area contributed by atoms with Crippen LogP contribution < -0.4 is 5.32 Å². The van der Waals surface area contributed by atoms with E-state index in [9.17, 15) is 13.6 Å². The first kappa shape index (κ1) is 16.4. The SMILES string of the molecule is CC[C@H](C)CN(C)C(=O)NCCc1nccn1C(F)F. The molecule has 0 saturated carbocycles. The number of hydrogen-bond donors (Lipinski definition) is 1. The van der Waals surface area contributed by atoms with Crippen LogP contribution in [-0.2, 0) is 6.42 Å². The number of nitrogens with zero attached hydrogens (tertiary/aromatic N) is 3. The van der Waals surface area contributed by atoms with Crippen molar-refractivity contribution in [3.63, 3.8) is 0 Å². The molecule has 0 spiro atoms. The van der Waals surface area contributed by atoms with Gasteiger partial charge in [-0.2, -0.15) is 8.78 Å². The van der Waals surface area contributed by atoms with Gasteiger partial charge >= 0.3 is 12.6 Å². The molecule has 20 heavy (non-hydrogen) atoms. The Morgan fingerprint density at radius 3 is 2.85 bits per heavy atom. The Bertz CT molecular complexity index is 422. The van der Waals surface area contributed by atoms with Crippen LogP contribution in [0, 0.1) is 5.92 Å². The van der Waals surface area contributed by atoms with Gasteiger partial charge in [0, 0.05) is 39.0 Å². The van der Waals surface area contributed by atoms with Gasteiger partial charge in [0.05, 0.1) is 0 Å². The zero-order chi connectivity index (χ0) is 15.1. The summed E-state index contributed by atoms with van der Waals surface area (Å²) in [5.41, 5.74) is 0.